The van der Waals surface area contributed by atoms with Crippen molar-refractivity contribution < 1.29 is 5.11 Å². The second-order valence-electron chi connectivity index (χ2n) is 9.07. The van der Waals surface area contributed by atoms with Crippen LogP contribution in [0.1, 0.15) is 31.4 Å². The zero-order valence-corrected chi connectivity index (χ0v) is 20.2. The number of nitrogens with zero attached hydrogens (tertiary/aromatic N) is 6. The van der Waals surface area contributed by atoms with Gasteiger partial charge < -0.3 is 20.2 Å². The Morgan fingerprint density at radius 1 is 1.18 bits per heavy atom. The number of β-amino-alcohol motifs (C(OH)–C–C–N with tert-alkyl or cyclic N) is 1. The molecule has 2 N–H and O–H groups in total. The maximum atomic E-state index is 9.27. The maximum Gasteiger partial charge on any atom is 0.239 e. The molecule has 0 aliphatic carbocycles. The molecule has 1 unspecified atom stereocenters. The summed E-state index contributed by atoms with van der Waals surface area (Å²) in [6.45, 7) is 7.12. The van der Waals surface area contributed by atoms with Gasteiger partial charge in [-0.1, -0.05) is 29.3 Å². The lowest BCUT2D eigenvalue weighted by molar-refractivity contribution is 0.101. The summed E-state index contributed by atoms with van der Waals surface area (Å²) < 4.78 is 1.86. The number of piperidine rings is 1. The van der Waals surface area contributed by atoms with E-state index < -0.39 is 0 Å². The van der Waals surface area contributed by atoms with Crippen LogP contribution >= 0.6 is 23.2 Å². The van der Waals surface area contributed by atoms with Crippen molar-refractivity contribution in [3.63, 3.8) is 0 Å². The van der Waals surface area contributed by atoms with Gasteiger partial charge in [-0.15, -0.1) is 0 Å². The van der Waals surface area contributed by atoms with Crippen LogP contribution in [-0.4, -0.2) is 68.7 Å². The van der Waals surface area contributed by atoms with Crippen LogP contribution in [0.25, 0.3) is 5.78 Å². The summed E-state index contributed by atoms with van der Waals surface area (Å²) in [7, 11) is 0. The molecule has 3 aromatic rings. The van der Waals surface area contributed by atoms with Gasteiger partial charge in [-0.3, -0.25) is 4.40 Å². The van der Waals surface area contributed by atoms with Gasteiger partial charge in [0.25, 0.3) is 0 Å². The van der Waals surface area contributed by atoms with E-state index in [1.165, 1.54) is 12.8 Å². The summed E-state index contributed by atoms with van der Waals surface area (Å²) in [5, 5.41) is 14.0. The molecule has 2 aromatic heterocycles. The minimum absolute atomic E-state index is 0.0768. The molecular formula is C23H29Cl2N7O. The molecule has 5 rings (SSSR count). The predicted octanol–water partition coefficient (Wildman–Crippen LogP) is 3.74. The first-order valence-corrected chi connectivity index (χ1v) is 12.3. The van der Waals surface area contributed by atoms with E-state index in [2.05, 4.69) is 20.1 Å². The zero-order valence-electron chi connectivity index (χ0n) is 18.7. The molecule has 2 saturated heterocycles. The highest BCUT2D eigenvalue weighted by Gasteiger charge is 2.37. The van der Waals surface area contributed by atoms with E-state index in [0.717, 1.165) is 38.3 Å². The summed E-state index contributed by atoms with van der Waals surface area (Å²) in [6.07, 6.45) is 6.05. The Balaban J connectivity index is 1.30. The van der Waals surface area contributed by atoms with Gasteiger partial charge in [0.15, 0.2) is 0 Å². The van der Waals surface area contributed by atoms with Gasteiger partial charge in [0, 0.05) is 48.6 Å². The predicted molar refractivity (Wildman–Crippen MR) is 131 cm³/mol. The zero-order chi connectivity index (χ0) is 22.9. The molecule has 10 heteroatoms. The molecule has 0 saturated carbocycles. The van der Waals surface area contributed by atoms with Crippen LogP contribution in [-0.2, 0) is 0 Å². The van der Waals surface area contributed by atoms with Crippen LogP contribution in [0.5, 0.6) is 0 Å². The van der Waals surface area contributed by atoms with Crippen LogP contribution < -0.4 is 10.2 Å². The number of hydrogen-bond donors (Lipinski definition) is 2. The Bertz CT molecular complexity index is 1120. The van der Waals surface area contributed by atoms with Gasteiger partial charge in [-0.25, -0.2) is 4.98 Å². The number of nitrogens with one attached hydrogen (secondary N) is 1. The first-order chi connectivity index (χ1) is 16.0. The van der Waals surface area contributed by atoms with Gasteiger partial charge in [0.2, 0.25) is 17.7 Å². The Morgan fingerprint density at radius 2 is 2.03 bits per heavy atom. The standard InChI is InChI=1S/C23H29Cl2N7O/c1-15(19-5-4-18(24)11-20(19)25)27-23-29-22(28-21-26-6-8-32(21)23)31-13-17(14-31)16-3-2-7-30(12-16)9-10-33/h4-6,8,11,15-17,33H,2-3,7,9-10,12-14H2,1H3,(H,26,27,28,29)/t15?,16-/m0/s1. The molecule has 1 aromatic carbocycles. The molecule has 4 heterocycles. The second-order valence-corrected chi connectivity index (χ2v) is 9.91. The normalized spacial score (nSPS) is 20.7. The van der Waals surface area contributed by atoms with Crippen molar-refractivity contribution in [1.29, 1.82) is 0 Å². The molecular weight excluding hydrogens is 461 g/mol. The summed E-state index contributed by atoms with van der Waals surface area (Å²) in [5.74, 6) is 3.30. The van der Waals surface area contributed by atoms with Crippen molar-refractivity contribution in [3.8, 4) is 0 Å². The third kappa shape index (κ3) is 4.75. The number of rotatable bonds is 7. The molecule has 8 nitrogen and oxygen atoms in total. The van der Waals surface area contributed by atoms with Crippen molar-refractivity contribution >= 4 is 40.9 Å². The fraction of sp³-hybridized carbons (Fsp3) is 0.522. The van der Waals surface area contributed by atoms with Crippen molar-refractivity contribution in [2.24, 2.45) is 11.8 Å². The molecule has 2 atom stereocenters. The van der Waals surface area contributed by atoms with Crippen LogP contribution in [0.3, 0.4) is 0 Å². The molecule has 33 heavy (non-hydrogen) atoms. The molecule has 2 aliphatic rings. The minimum atomic E-state index is -0.0768. The fourth-order valence-electron chi connectivity index (χ4n) is 4.97. The Morgan fingerprint density at radius 3 is 2.82 bits per heavy atom. The third-order valence-corrected chi connectivity index (χ3v) is 7.41. The van der Waals surface area contributed by atoms with Crippen molar-refractivity contribution in [1.82, 2.24) is 24.3 Å². The number of aliphatic hydroxyl groups excluding tert-OH is 1. The van der Waals surface area contributed by atoms with Crippen LogP contribution in [0.15, 0.2) is 30.6 Å². The number of imidazole rings is 1. The van der Waals surface area contributed by atoms with E-state index in [0.29, 0.717) is 39.6 Å². The minimum Gasteiger partial charge on any atom is -0.395 e. The molecule has 0 radical (unpaired) electrons. The highest BCUT2D eigenvalue weighted by Crippen LogP contribution is 2.34. The van der Waals surface area contributed by atoms with E-state index in [-0.39, 0.29) is 12.6 Å². The number of aromatic nitrogens is 4. The average molecular weight is 490 g/mol. The lowest BCUT2D eigenvalue weighted by atomic mass is 9.81. The number of aliphatic hydroxyl groups is 1. The van der Waals surface area contributed by atoms with E-state index in [9.17, 15) is 5.11 Å². The third-order valence-electron chi connectivity index (χ3n) is 6.85. The van der Waals surface area contributed by atoms with Gasteiger partial charge in [-0.05, 0) is 55.8 Å². The number of halogens is 2. The van der Waals surface area contributed by atoms with Crippen molar-refractivity contribution in [3.05, 3.63) is 46.2 Å². The smallest absolute Gasteiger partial charge is 0.239 e. The number of likely N-dealkylation sites (tertiary alicyclic amines) is 1. The average Bonchev–Trinajstić information content (AvgIpc) is 3.22. The largest absolute Gasteiger partial charge is 0.395 e. The maximum absolute atomic E-state index is 9.27. The van der Waals surface area contributed by atoms with Crippen molar-refractivity contribution in [2.45, 2.75) is 25.8 Å². The number of benzene rings is 1. The lowest BCUT2D eigenvalue weighted by Gasteiger charge is -2.46. The number of hydrogen-bond acceptors (Lipinski definition) is 7. The summed E-state index contributed by atoms with van der Waals surface area (Å²) in [5.41, 5.74) is 0.947. The monoisotopic (exact) mass is 489 g/mol. The highest BCUT2D eigenvalue weighted by atomic mass is 35.5. The molecule has 0 amide bonds. The Kier molecular flexibility index (Phi) is 6.60. The van der Waals surface area contributed by atoms with E-state index in [4.69, 9.17) is 33.2 Å². The quantitative estimate of drug-likeness (QED) is 0.522. The number of fused-ring (bicyclic) bond motifs is 1. The topological polar surface area (TPSA) is 81.8 Å². The van der Waals surface area contributed by atoms with Gasteiger partial charge in [0.05, 0.1) is 12.6 Å². The van der Waals surface area contributed by atoms with E-state index in [1.807, 2.05) is 29.7 Å². The number of anilines is 2. The fourth-order valence-corrected chi connectivity index (χ4v) is 5.54. The molecule has 2 aliphatic heterocycles. The molecule has 0 spiro atoms. The second kappa shape index (κ2) is 9.62. The summed E-state index contributed by atoms with van der Waals surface area (Å²) >= 11 is 12.5. The highest BCUT2D eigenvalue weighted by molar-refractivity contribution is 6.35. The molecule has 176 valence electrons. The van der Waals surface area contributed by atoms with Crippen LogP contribution in [0.4, 0.5) is 11.9 Å². The summed E-state index contributed by atoms with van der Waals surface area (Å²) in [6, 6.07) is 5.45. The van der Waals surface area contributed by atoms with Gasteiger partial charge >= 0.3 is 0 Å². The van der Waals surface area contributed by atoms with Gasteiger partial charge in [0.1, 0.15) is 0 Å². The Labute approximate surface area is 203 Å². The SMILES string of the molecule is CC(Nc1nc(N2CC([C@H]3CCCN(CCO)C3)C2)nc2nccn12)c1ccc(Cl)cc1Cl. The first kappa shape index (κ1) is 22.7. The first-order valence-electron chi connectivity index (χ1n) is 11.5. The van der Waals surface area contributed by atoms with E-state index in [1.54, 1.807) is 12.3 Å². The molecule has 0 bridgehead atoms. The Hall–Kier alpha value is -2.13. The van der Waals surface area contributed by atoms with Crippen molar-refractivity contribution in [2.75, 3.05) is 49.5 Å². The van der Waals surface area contributed by atoms with Crippen LogP contribution in [0.2, 0.25) is 10.0 Å². The van der Waals surface area contributed by atoms with Crippen LogP contribution in [0, 0.1) is 11.8 Å². The van der Waals surface area contributed by atoms with E-state index >= 15 is 0 Å². The van der Waals surface area contributed by atoms with Gasteiger partial charge in [-0.2, -0.15) is 9.97 Å². The lowest BCUT2D eigenvalue weighted by Crippen LogP contribution is -2.54. The summed E-state index contributed by atoms with van der Waals surface area (Å²) in [4.78, 5) is 18.6. The molecule has 2 fully saturated rings.